The quantitative estimate of drug-likeness (QED) is 0.451. The lowest BCUT2D eigenvalue weighted by Gasteiger charge is -2.05. The molecule has 1 rings (SSSR count). The molecule has 1 atom stereocenters. The first-order chi connectivity index (χ1) is 7.13. The van der Waals surface area contributed by atoms with Gasteiger partial charge in [0.1, 0.15) is 0 Å². The third kappa shape index (κ3) is 3.58. The Morgan fingerprint density at radius 3 is 2.80 bits per heavy atom. The molecule has 0 aliphatic carbocycles. The average molecular weight is 206 g/mol. The van der Waals surface area contributed by atoms with E-state index in [2.05, 4.69) is 22.7 Å². The van der Waals surface area contributed by atoms with E-state index in [1.807, 2.05) is 32.0 Å². The van der Waals surface area contributed by atoms with Crippen molar-refractivity contribution in [3.8, 4) is 0 Å². The minimum absolute atomic E-state index is 0.256. The zero-order chi connectivity index (χ0) is 11.3. The van der Waals surface area contributed by atoms with Crippen molar-refractivity contribution in [2.45, 2.75) is 33.2 Å². The summed E-state index contributed by atoms with van der Waals surface area (Å²) in [4.78, 5) is 0. The standard InChI is InChI=1S/C11H18N4/c1-4-9(3)13-15-14-11-6-5-10(12)7-8(11)2/h5-7,9H,4,12H2,1-3H3,(H,13,14). The van der Waals surface area contributed by atoms with Crippen LogP contribution in [0.3, 0.4) is 0 Å². The van der Waals surface area contributed by atoms with Gasteiger partial charge in [-0.05, 0) is 44.0 Å². The Balaban J connectivity index is 2.61. The van der Waals surface area contributed by atoms with Crippen LogP contribution < -0.4 is 11.2 Å². The molecule has 0 aliphatic rings. The predicted octanol–water partition coefficient (Wildman–Crippen LogP) is 3.15. The highest BCUT2D eigenvalue weighted by atomic mass is 15.4. The molecule has 82 valence electrons. The van der Waals surface area contributed by atoms with E-state index in [0.717, 1.165) is 23.4 Å². The Hall–Kier alpha value is -1.58. The molecule has 0 amide bonds. The second-order valence-electron chi connectivity index (χ2n) is 3.66. The van der Waals surface area contributed by atoms with Crippen LogP contribution in [0.1, 0.15) is 25.8 Å². The van der Waals surface area contributed by atoms with Crippen molar-refractivity contribution in [2.24, 2.45) is 10.3 Å². The highest BCUT2D eigenvalue weighted by Crippen LogP contribution is 2.17. The zero-order valence-electron chi connectivity index (χ0n) is 9.49. The van der Waals surface area contributed by atoms with Crippen molar-refractivity contribution in [2.75, 3.05) is 11.2 Å². The minimum Gasteiger partial charge on any atom is -0.399 e. The molecule has 0 saturated heterocycles. The number of hydrogen-bond acceptors (Lipinski definition) is 3. The van der Waals surface area contributed by atoms with Gasteiger partial charge in [-0.15, -0.1) is 0 Å². The Kier molecular flexibility index (Phi) is 4.09. The van der Waals surface area contributed by atoms with E-state index in [1.165, 1.54) is 0 Å². The largest absolute Gasteiger partial charge is 0.399 e. The maximum atomic E-state index is 5.64. The molecule has 0 fully saturated rings. The first kappa shape index (κ1) is 11.5. The van der Waals surface area contributed by atoms with Crippen LogP contribution in [0, 0.1) is 6.92 Å². The molecule has 0 radical (unpaired) electrons. The van der Waals surface area contributed by atoms with Gasteiger partial charge in [-0.25, -0.2) is 0 Å². The Morgan fingerprint density at radius 1 is 1.47 bits per heavy atom. The van der Waals surface area contributed by atoms with E-state index in [9.17, 15) is 0 Å². The molecular formula is C11H18N4. The summed E-state index contributed by atoms with van der Waals surface area (Å²) in [7, 11) is 0. The highest BCUT2D eigenvalue weighted by molar-refractivity contribution is 5.56. The van der Waals surface area contributed by atoms with Gasteiger partial charge in [0.15, 0.2) is 0 Å². The van der Waals surface area contributed by atoms with Crippen molar-refractivity contribution in [3.05, 3.63) is 23.8 Å². The van der Waals surface area contributed by atoms with Crippen LogP contribution >= 0.6 is 0 Å². The summed E-state index contributed by atoms with van der Waals surface area (Å²) >= 11 is 0. The smallest absolute Gasteiger partial charge is 0.0699 e. The van der Waals surface area contributed by atoms with Crippen LogP contribution in [0.5, 0.6) is 0 Å². The van der Waals surface area contributed by atoms with E-state index in [1.54, 1.807) is 0 Å². The van der Waals surface area contributed by atoms with E-state index in [-0.39, 0.29) is 6.04 Å². The number of nitrogens with one attached hydrogen (secondary N) is 1. The molecule has 0 bridgehead atoms. The molecule has 15 heavy (non-hydrogen) atoms. The van der Waals surface area contributed by atoms with Gasteiger partial charge < -0.3 is 5.73 Å². The minimum atomic E-state index is 0.256. The number of nitrogens with zero attached hydrogens (tertiary/aromatic N) is 2. The fourth-order valence-electron chi connectivity index (χ4n) is 1.08. The van der Waals surface area contributed by atoms with Crippen molar-refractivity contribution in [1.29, 1.82) is 0 Å². The SMILES string of the molecule is CCC(C)N=NNc1ccc(N)cc1C. The van der Waals surface area contributed by atoms with Crippen LogP contribution in [-0.4, -0.2) is 6.04 Å². The number of rotatable bonds is 4. The summed E-state index contributed by atoms with van der Waals surface area (Å²) in [6.07, 6.45) is 0.992. The van der Waals surface area contributed by atoms with Crippen molar-refractivity contribution in [3.63, 3.8) is 0 Å². The van der Waals surface area contributed by atoms with E-state index < -0.39 is 0 Å². The highest BCUT2D eigenvalue weighted by Gasteiger charge is 1.97. The van der Waals surface area contributed by atoms with Crippen LogP contribution in [0.4, 0.5) is 11.4 Å². The first-order valence-corrected chi connectivity index (χ1v) is 5.15. The first-order valence-electron chi connectivity index (χ1n) is 5.15. The lowest BCUT2D eigenvalue weighted by molar-refractivity contribution is 0.672. The number of anilines is 2. The zero-order valence-corrected chi connectivity index (χ0v) is 9.49. The van der Waals surface area contributed by atoms with Crippen LogP contribution in [0.2, 0.25) is 0 Å². The van der Waals surface area contributed by atoms with Gasteiger partial charge in [0.05, 0.1) is 11.7 Å². The number of nitrogen functional groups attached to an aromatic ring is 1. The molecule has 0 saturated carbocycles. The van der Waals surface area contributed by atoms with Crippen LogP contribution in [0.25, 0.3) is 0 Å². The lowest BCUT2D eigenvalue weighted by Crippen LogP contribution is -1.97. The number of hydrogen-bond donors (Lipinski definition) is 2. The maximum Gasteiger partial charge on any atom is 0.0699 e. The van der Waals surface area contributed by atoms with E-state index in [0.29, 0.717) is 0 Å². The second-order valence-corrected chi connectivity index (χ2v) is 3.66. The lowest BCUT2D eigenvalue weighted by atomic mass is 10.2. The van der Waals surface area contributed by atoms with Crippen molar-refractivity contribution in [1.82, 2.24) is 0 Å². The summed E-state index contributed by atoms with van der Waals surface area (Å²) in [5, 5.41) is 8.02. The molecule has 4 heteroatoms. The van der Waals surface area contributed by atoms with Crippen LogP contribution in [0.15, 0.2) is 28.5 Å². The Morgan fingerprint density at radius 2 is 2.20 bits per heavy atom. The summed E-state index contributed by atoms with van der Waals surface area (Å²) in [5.41, 5.74) is 11.3. The predicted molar refractivity (Wildman–Crippen MR) is 63.8 cm³/mol. The molecule has 0 aromatic heterocycles. The molecule has 1 unspecified atom stereocenters. The van der Waals surface area contributed by atoms with Gasteiger partial charge >= 0.3 is 0 Å². The fourth-order valence-corrected chi connectivity index (χ4v) is 1.08. The second kappa shape index (κ2) is 5.34. The topological polar surface area (TPSA) is 62.8 Å². The fraction of sp³-hybridized carbons (Fsp3) is 0.455. The maximum absolute atomic E-state index is 5.64. The number of nitrogens with two attached hydrogens (primary N) is 1. The van der Waals surface area contributed by atoms with Gasteiger partial charge in [0, 0.05) is 5.69 Å². The summed E-state index contributed by atoms with van der Waals surface area (Å²) < 4.78 is 0. The Bertz CT molecular complexity index is 346. The molecule has 1 aromatic carbocycles. The molecular weight excluding hydrogens is 188 g/mol. The molecule has 4 nitrogen and oxygen atoms in total. The van der Waals surface area contributed by atoms with Gasteiger partial charge in [-0.2, -0.15) is 5.11 Å². The summed E-state index contributed by atoms with van der Waals surface area (Å²) in [6.45, 7) is 6.09. The summed E-state index contributed by atoms with van der Waals surface area (Å²) in [5.74, 6) is 0. The Labute approximate surface area is 90.6 Å². The monoisotopic (exact) mass is 206 g/mol. The van der Waals surface area contributed by atoms with Gasteiger partial charge in [-0.3, -0.25) is 5.43 Å². The van der Waals surface area contributed by atoms with Crippen molar-refractivity contribution < 1.29 is 0 Å². The third-order valence-corrected chi connectivity index (χ3v) is 2.27. The molecule has 0 spiro atoms. The van der Waals surface area contributed by atoms with E-state index in [4.69, 9.17) is 5.73 Å². The van der Waals surface area contributed by atoms with Crippen LogP contribution in [-0.2, 0) is 0 Å². The molecule has 3 N–H and O–H groups in total. The normalized spacial score (nSPS) is 13.0. The van der Waals surface area contributed by atoms with Gasteiger partial charge in [0.25, 0.3) is 0 Å². The number of aryl methyl sites for hydroxylation is 1. The average Bonchev–Trinajstić information content (AvgIpc) is 2.21. The summed E-state index contributed by atoms with van der Waals surface area (Å²) in [6, 6.07) is 5.90. The molecule has 0 heterocycles. The third-order valence-electron chi connectivity index (χ3n) is 2.27. The molecule has 1 aromatic rings. The van der Waals surface area contributed by atoms with Gasteiger partial charge in [-0.1, -0.05) is 12.1 Å². The van der Waals surface area contributed by atoms with E-state index >= 15 is 0 Å². The van der Waals surface area contributed by atoms with Crippen molar-refractivity contribution >= 4 is 11.4 Å². The molecule has 0 aliphatic heterocycles. The van der Waals surface area contributed by atoms with Gasteiger partial charge in [0.2, 0.25) is 0 Å². The number of benzene rings is 1.